The highest BCUT2D eigenvalue weighted by Crippen LogP contribution is 2.48. The molecular weight excluding hydrogens is 258 g/mol. The van der Waals surface area contributed by atoms with Gasteiger partial charge in [-0.2, -0.15) is 0 Å². The van der Waals surface area contributed by atoms with Gasteiger partial charge in [0.1, 0.15) is 0 Å². The van der Waals surface area contributed by atoms with Crippen molar-refractivity contribution in [1.29, 1.82) is 0 Å². The third kappa shape index (κ3) is 2.50. The van der Waals surface area contributed by atoms with Gasteiger partial charge in [-0.3, -0.25) is 15.6 Å². The molecule has 1 aromatic carbocycles. The first-order valence-electron chi connectivity index (χ1n) is 5.16. The maximum Gasteiger partial charge on any atom is 0.249 e. The number of amides is 1. The van der Waals surface area contributed by atoms with Crippen molar-refractivity contribution in [2.45, 2.75) is 18.3 Å². The monoisotopic (exact) mass is 269 g/mol. The van der Waals surface area contributed by atoms with Crippen LogP contribution in [0.5, 0.6) is 0 Å². The van der Waals surface area contributed by atoms with Crippen molar-refractivity contribution >= 4 is 34.8 Å². The van der Waals surface area contributed by atoms with Crippen LogP contribution in [-0.4, -0.2) is 11.0 Å². The van der Waals surface area contributed by atoms with Gasteiger partial charge < -0.3 is 5.73 Å². The fourth-order valence-electron chi connectivity index (χ4n) is 1.78. The molecule has 1 aromatic rings. The highest BCUT2D eigenvalue weighted by Gasteiger charge is 2.51. The van der Waals surface area contributed by atoms with Crippen molar-refractivity contribution in [1.82, 2.24) is 10.9 Å². The lowest BCUT2D eigenvalue weighted by Crippen LogP contribution is -2.48. The first-order chi connectivity index (χ1) is 8.04. The Labute approximate surface area is 109 Å². The van der Waals surface area contributed by atoms with Crippen LogP contribution in [0.1, 0.15) is 18.4 Å². The van der Waals surface area contributed by atoms with Gasteiger partial charge >= 0.3 is 0 Å². The second-order valence-electron chi connectivity index (χ2n) is 4.03. The number of hydrazine groups is 1. The summed E-state index contributed by atoms with van der Waals surface area (Å²) in [4.78, 5) is 12.0. The Morgan fingerprint density at radius 2 is 1.88 bits per heavy atom. The zero-order chi connectivity index (χ0) is 12.5. The maximum atomic E-state index is 12.0. The lowest BCUT2D eigenvalue weighted by Gasteiger charge is -2.16. The molecule has 1 fully saturated rings. The number of thiocarbonyl (C=S) groups is 1. The summed E-state index contributed by atoms with van der Waals surface area (Å²) in [6.45, 7) is 0. The molecule has 17 heavy (non-hydrogen) atoms. The van der Waals surface area contributed by atoms with Gasteiger partial charge in [0.05, 0.1) is 5.41 Å². The van der Waals surface area contributed by atoms with E-state index in [2.05, 4.69) is 23.1 Å². The second-order valence-corrected chi connectivity index (χ2v) is 4.91. The van der Waals surface area contributed by atoms with Crippen LogP contribution < -0.4 is 16.6 Å². The van der Waals surface area contributed by atoms with E-state index < -0.39 is 5.41 Å². The number of hydrogen-bond donors (Lipinski definition) is 3. The van der Waals surface area contributed by atoms with Crippen LogP contribution in [-0.2, 0) is 10.2 Å². The van der Waals surface area contributed by atoms with E-state index in [1.165, 1.54) is 0 Å². The Kier molecular flexibility index (Phi) is 3.22. The van der Waals surface area contributed by atoms with Gasteiger partial charge in [-0.05, 0) is 42.8 Å². The van der Waals surface area contributed by atoms with E-state index in [1.807, 2.05) is 12.1 Å². The van der Waals surface area contributed by atoms with Crippen LogP contribution in [0.3, 0.4) is 0 Å². The molecule has 0 unspecified atom stereocenters. The summed E-state index contributed by atoms with van der Waals surface area (Å²) < 4.78 is 0. The van der Waals surface area contributed by atoms with Crippen molar-refractivity contribution in [2.24, 2.45) is 5.73 Å². The number of benzene rings is 1. The van der Waals surface area contributed by atoms with Crippen LogP contribution in [0, 0.1) is 0 Å². The lowest BCUT2D eigenvalue weighted by atomic mass is 9.95. The van der Waals surface area contributed by atoms with Gasteiger partial charge in [-0.15, -0.1) is 0 Å². The van der Waals surface area contributed by atoms with Crippen molar-refractivity contribution in [3.63, 3.8) is 0 Å². The molecule has 1 aliphatic rings. The minimum Gasteiger partial charge on any atom is -0.375 e. The molecule has 0 saturated heterocycles. The normalized spacial score (nSPS) is 16.1. The molecule has 1 aliphatic carbocycles. The summed E-state index contributed by atoms with van der Waals surface area (Å²) in [7, 11) is 0. The number of hydrogen-bond acceptors (Lipinski definition) is 2. The number of rotatable bonds is 2. The maximum absolute atomic E-state index is 12.0. The minimum atomic E-state index is -0.456. The van der Waals surface area contributed by atoms with E-state index in [0.717, 1.165) is 18.4 Å². The molecule has 0 aromatic heterocycles. The van der Waals surface area contributed by atoms with E-state index >= 15 is 0 Å². The number of carbonyl (C=O) groups excluding carboxylic acids is 1. The summed E-state index contributed by atoms with van der Waals surface area (Å²) in [5, 5.41) is 0.705. The van der Waals surface area contributed by atoms with E-state index in [-0.39, 0.29) is 11.0 Å². The van der Waals surface area contributed by atoms with Gasteiger partial charge in [0.25, 0.3) is 0 Å². The van der Waals surface area contributed by atoms with Gasteiger partial charge in [0.15, 0.2) is 5.11 Å². The quantitative estimate of drug-likeness (QED) is 0.558. The summed E-state index contributed by atoms with van der Waals surface area (Å²) in [6.07, 6.45) is 1.64. The van der Waals surface area contributed by atoms with Crippen LogP contribution in [0.2, 0.25) is 5.02 Å². The summed E-state index contributed by atoms with van der Waals surface area (Å²) in [6, 6.07) is 7.31. The molecule has 1 saturated carbocycles. The third-order valence-corrected chi connectivity index (χ3v) is 3.23. The average Bonchev–Trinajstić information content (AvgIpc) is 3.08. The highest BCUT2D eigenvalue weighted by molar-refractivity contribution is 7.80. The highest BCUT2D eigenvalue weighted by atomic mass is 35.5. The Morgan fingerprint density at radius 1 is 1.29 bits per heavy atom. The predicted octanol–water partition coefficient (Wildman–Crippen LogP) is 1.24. The Balaban J connectivity index is 2.11. The molecule has 0 radical (unpaired) electrons. The number of nitrogens with two attached hydrogens (primary N) is 1. The smallest absolute Gasteiger partial charge is 0.249 e. The zero-order valence-corrected chi connectivity index (χ0v) is 10.6. The Bertz CT molecular complexity index is 456. The molecule has 4 nitrogen and oxygen atoms in total. The van der Waals surface area contributed by atoms with Crippen LogP contribution in [0.15, 0.2) is 24.3 Å². The van der Waals surface area contributed by atoms with E-state index in [0.29, 0.717) is 5.02 Å². The van der Waals surface area contributed by atoms with E-state index in [1.54, 1.807) is 12.1 Å². The van der Waals surface area contributed by atoms with Gasteiger partial charge in [0, 0.05) is 5.02 Å². The minimum absolute atomic E-state index is 0.0465. The van der Waals surface area contributed by atoms with Gasteiger partial charge in [-0.25, -0.2) is 0 Å². The zero-order valence-electron chi connectivity index (χ0n) is 9.00. The molecule has 1 amide bonds. The fraction of sp³-hybridized carbons (Fsp3) is 0.273. The standard InChI is InChI=1S/C11H12ClN3OS/c12-8-3-1-7(2-4-8)11(5-6-11)9(16)14-15-10(13)17/h1-4H,5-6H2,(H,14,16)(H3,13,15,17). The first-order valence-corrected chi connectivity index (χ1v) is 5.95. The van der Waals surface area contributed by atoms with Crippen molar-refractivity contribution < 1.29 is 4.79 Å². The molecule has 0 aliphatic heterocycles. The fourth-order valence-corrected chi connectivity index (χ4v) is 1.96. The lowest BCUT2D eigenvalue weighted by molar-refractivity contribution is -0.124. The SMILES string of the molecule is NC(=S)NNC(=O)C1(c2ccc(Cl)cc2)CC1. The Hall–Kier alpha value is -1.33. The topological polar surface area (TPSA) is 67.2 Å². The molecule has 0 spiro atoms. The third-order valence-electron chi connectivity index (χ3n) is 2.88. The molecule has 0 atom stereocenters. The molecule has 2 rings (SSSR count). The largest absolute Gasteiger partial charge is 0.375 e. The Morgan fingerprint density at radius 3 is 2.35 bits per heavy atom. The molecule has 0 heterocycles. The molecular formula is C11H12ClN3OS. The predicted molar refractivity (Wildman–Crippen MR) is 70.4 cm³/mol. The second kappa shape index (κ2) is 4.50. The average molecular weight is 270 g/mol. The summed E-state index contributed by atoms with van der Waals surface area (Å²) in [5.74, 6) is -0.118. The van der Waals surface area contributed by atoms with Gasteiger partial charge in [-0.1, -0.05) is 23.7 Å². The van der Waals surface area contributed by atoms with Crippen molar-refractivity contribution in [2.75, 3.05) is 0 Å². The van der Waals surface area contributed by atoms with Gasteiger partial charge in [0.2, 0.25) is 5.91 Å². The van der Waals surface area contributed by atoms with Crippen LogP contribution >= 0.6 is 23.8 Å². The number of nitrogens with one attached hydrogen (secondary N) is 2. The summed E-state index contributed by atoms with van der Waals surface area (Å²) >= 11 is 10.4. The van der Waals surface area contributed by atoms with E-state index in [4.69, 9.17) is 17.3 Å². The number of carbonyl (C=O) groups is 1. The van der Waals surface area contributed by atoms with Crippen molar-refractivity contribution in [3.8, 4) is 0 Å². The first kappa shape index (κ1) is 12.1. The van der Waals surface area contributed by atoms with Crippen molar-refractivity contribution in [3.05, 3.63) is 34.9 Å². The molecule has 90 valence electrons. The molecule has 6 heteroatoms. The molecule has 0 bridgehead atoms. The number of halogens is 1. The van der Waals surface area contributed by atoms with E-state index in [9.17, 15) is 4.79 Å². The summed E-state index contributed by atoms with van der Waals surface area (Å²) in [5.41, 5.74) is 10.7. The van der Waals surface area contributed by atoms with Crippen LogP contribution in [0.4, 0.5) is 0 Å². The molecule has 4 N–H and O–H groups in total. The van der Waals surface area contributed by atoms with Crippen LogP contribution in [0.25, 0.3) is 0 Å².